The van der Waals surface area contributed by atoms with Gasteiger partial charge in [0.25, 0.3) is 7.82 Å². The molecule has 0 spiro atoms. The molecule has 0 aromatic carbocycles. The van der Waals surface area contributed by atoms with Crippen molar-refractivity contribution in [3.05, 3.63) is 72.9 Å². The Morgan fingerprint density at radius 2 is 1.29 bits per heavy atom. The highest BCUT2D eigenvalue weighted by atomic mass is 31.2. The number of nitrogens with one attached hydrogen (secondary N) is 1. The van der Waals surface area contributed by atoms with Gasteiger partial charge in [0, 0.05) is 6.42 Å². The lowest BCUT2D eigenvalue weighted by atomic mass is 10.1. The van der Waals surface area contributed by atoms with Crippen LogP contribution < -0.4 is 10.2 Å². The Kier molecular flexibility index (Phi) is 29.6. The monoisotopic (exact) mass is 692 g/mol. The minimum Gasteiger partial charge on any atom is -0.756 e. The average molecular weight is 693 g/mol. The Labute approximate surface area is 294 Å². The summed E-state index contributed by atoms with van der Waals surface area (Å²) in [5, 5.41) is 13.6. The van der Waals surface area contributed by atoms with Gasteiger partial charge in [0.15, 0.2) is 0 Å². The van der Waals surface area contributed by atoms with Gasteiger partial charge in [-0.25, -0.2) is 0 Å². The molecule has 1 amide bonds. The number of phosphoric acid groups is 1. The third-order valence-electron chi connectivity index (χ3n) is 7.38. The van der Waals surface area contributed by atoms with E-state index in [1.54, 1.807) is 6.08 Å². The van der Waals surface area contributed by atoms with Crippen molar-refractivity contribution in [2.45, 2.75) is 129 Å². The Morgan fingerprint density at radius 3 is 1.90 bits per heavy atom. The van der Waals surface area contributed by atoms with Gasteiger partial charge in [-0.2, -0.15) is 0 Å². The molecule has 48 heavy (non-hydrogen) atoms. The molecule has 0 fully saturated rings. The van der Waals surface area contributed by atoms with Crippen LogP contribution in [-0.2, 0) is 18.4 Å². The largest absolute Gasteiger partial charge is 0.756 e. The van der Waals surface area contributed by atoms with Gasteiger partial charge in [0.1, 0.15) is 13.2 Å². The number of likely N-dealkylation sites (N-methyl/N-ethyl adjacent to an activating group) is 1. The van der Waals surface area contributed by atoms with Gasteiger partial charge in [0.2, 0.25) is 5.91 Å². The predicted octanol–water partition coefficient (Wildman–Crippen LogP) is 8.66. The molecule has 0 aliphatic rings. The van der Waals surface area contributed by atoms with Crippen LogP contribution >= 0.6 is 7.82 Å². The first kappa shape index (κ1) is 45.9. The van der Waals surface area contributed by atoms with E-state index in [9.17, 15) is 19.4 Å². The minimum atomic E-state index is -4.60. The second kappa shape index (κ2) is 31.0. The van der Waals surface area contributed by atoms with Gasteiger partial charge in [-0.1, -0.05) is 106 Å². The fourth-order valence-corrected chi connectivity index (χ4v) is 5.15. The third-order valence-corrected chi connectivity index (χ3v) is 8.34. The molecule has 3 unspecified atom stereocenters. The van der Waals surface area contributed by atoms with Crippen molar-refractivity contribution < 1.29 is 32.9 Å². The van der Waals surface area contributed by atoms with Gasteiger partial charge in [-0.15, -0.1) is 0 Å². The number of rotatable bonds is 31. The van der Waals surface area contributed by atoms with E-state index in [2.05, 4.69) is 79.9 Å². The maximum Gasteiger partial charge on any atom is 0.268 e. The maximum absolute atomic E-state index is 12.7. The summed E-state index contributed by atoms with van der Waals surface area (Å²) in [6.45, 7) is 4.39. The zero-order valence-corrected chi connectivity index (χ0v) is 31.8. The number of carbonyl (C=O) groups excluding carboxylic acids is 1. The Balaban J connectivity index is 4.73. The molecule has 276 valence electrons. The molecule has 0 aliphatic carbocycles. The van der Waals surface area contributed by atoms with Crippen LogP contribution in [0.25, 0.3) is 0 Å². The second-order valence-electron chi connectivity index (χ2n) is 13.2. The maximum atomic E-state index is 12.7. The number of phosphoric ester groups is 1. The van der Waals surface area contributed by atoms with E-state index < -0.39 is 26.6 Å². The van der Waals surface area contributed by atoms with Crippen molar-refractivity contribution in [2.75, 3.05) is 40.9 Å². The molecule has 3 atom stereocenters. The summed E-state index contributed by atoms with van der Waals surface area (Å²) in [7, 11) is 1.20. The molecular weight excluding hydrogens is 623 g/mol. The molecule has 0 rings (SSSR count). The van der Waals surface area contributed by atoms with Gasteiger partial charge in [-0.3, -0.25) is 9.36 Å². The molecule has 9 heteroatoms. The van der Waals surface area contributed by atoms with Crippen LogP contribution in [0.2, 0.25) is 0 Å². The number of hydrogen-bond donors (Lipinski definition) is 2. The number of nitrogens with zero attached hydrogens (tertiary/aromatic N) is 1. The Hall–Kier alpha value is -2.06. The summed E-state index contributed by atoms with van der Waals surface area (Å²) in [5.74, 6) is -0.247. The number of unbranched alkanes of at least 4 members (excludes halogenated alkanes) is 8. The molecule has 0 saturated heterocycles. The molecule has 8 nitrogen and oxygen atoms in total. The van der Waals surface area contributed by atoms with Crippen LogP contribution in [0, 0.1) is 0 Å². The number of allylic oxidation sites excluding steroid dienone is 11. The number of quaternary nitrogens is 1. The summed E-state index contributed by atoms with van der Waals surface area (Å²) < 4.78 is 23.0. The van der Waals surface area contributed by atoms with E-state index >= 15 is 0 Å². The summed E-state index contributed by atoms with van der Waals surface area (Å²) in [5.41, 5.74) is 0. The van der Waals surface area contributed by atoms with E-state index in [4.69, 9.17) is 9.05 Å². The first-order valence-electron chi connectivity index (χ1n) is 18.3. The molecule has 0 radical (unpaired) electrons. The van der Waals surface area contributed by atoms with Crippen molar-refractivity contribution in [3.63, 3.8) is 0 Å². The SMILES string of the molecule is CC/C=C\C/C=C\C/C=C\CCCCCC(=O)NC(COP(=O)([O-])OCC[N+](C)(C)C)C(O)/C=C/CC/C=C/CC/C=C/CCCCC. The molecule has 0 bridgehead atoms. The van der Waals surface area contributed by atoms with E-state index in [0.29, 0.717) is 23.9 Å². The van der Waals surface area contributed by atoms with Crippen molar-refractivity contribution in [1.29, 1.82) is 0 Å². The lowest BCUT2D eigenvalue weighted by molar-refractivity contribution is -0.870. The summed E-state index contributed by atoms with van der Waals surface area (Å²) >= 11 is 0. The van der Waals surface area contributed by atoms with Gasteiger partial charge in [-0.05, 0) is 77.0 Å². The molecule has 0 aliphatic heterocycles. The highest BCUT2D eigenvalue weighted by molar-refractivity contribution is 7.45. The van der Waals surface area contributed by atoms with Gasteiger partial charge < -0.3 is 28.8 Å². The van der Waals surface area contributed by atoms with E-state index in [0.717, 1.165) is 70.6 Å². The van der Waals surface area contributed by atoms with Crippen molar-refractivity contribution in [1.82, 2.24) is 5.32 Å². The lowest BCUT2D eigenvalue weighted by Gasteiger charge is -2.29. The van der Waals surface area contributed by atoms with Gasteiger partial charge >= 0.3 is 0 Å². The minimum absolute atomic E-state index is 0.0188. The summed E-state index contributed by atoms with van der Waals surface area (Å²) in [6.07, 6.45) is 39.5. The van der Waals surface area contributed by atoms with Crippen LogP contribution in [0.4, 0.5) is 0 Å². The van der Waals surface area contributed by atoms with E-state index in [-0.39, 0.29) is 12.5 Å². The predicted molar refractivity (Wildman–Crippen MR) is 200 cm³/mol. The van der Waals surface area contributed by atoms with Crippen LogP contribution in [0.1, 0.15) is 117 Å². The fraction of sp³-hybridized carbons (Fsp3) is 0.667. The zero-order chi connectivity index (χ0) is 35.8. The smallest absolute Gasteiger partial charge is 0.268 e. The first-order valence-corrected chi connectivity index (χ1v) is 19.8. The Bertz CT molecular complexity index is 1010. The highest BCUT2D eigenvalue weighted by Gasteiger charge is 2.23. The Morgan fingerprint density at radius 1 is 0.750 bits per heavy atom. The quantitative estimate of drug-likeness (QED) is 0.0326. The molecule has 0 heterocycles. The van der Waals surface area contributed by atoms with Crippen LogP contribution in [0.15, 0.2) is 72.9 Å². The molecule has 2 N–H and O–H groups in total. The van der Waals surface area contributed by atoms with Crippen LogP contribution in [0.5, 0.6) is 0 Å². The third kappa shape index (κ3) is 32.5. The average Bonchev–Trinajstić information content (AvgIpc) is 3.02. The fourth-order valence-electron chi connectivity index (χ4n) is 4.43. The van der Waals surface area contributed by atoms with Crippen molar-refractivity contribution in [3.8, 4) is 0 Å². The number of carbonyl (C=O) groups is 1. The highest BCUT2D eigenvalue weighted by Crippen LogP contribution is 2.38. The normalized spacial score (nSPS) is 15.6. The number of hydrogen-bond acceptors (Lipinski definition) is 6. The second-order valence-corrected chi connectivity index (χ2v) is 14.6. The first-order chi connectivity index (χ1) is 23.0. The zero-order valence-electron chi connectivity index (χ0n) is 30.9. The number of amides is 1. The number of aliphatic hydroxyl groups excluding tert-OH is 1. The lowest BCUT2D eigenvalue weighted by Crippen LogP contribution is -2.45. The number of aliphatic hydroxyl groups is 1. The standard InChI is InChI=1S/C39H69N2O6P/c1-6-8-10-12-14-16-18-20-22-24-26-28-30-32-38(42)37(36-47-48(44,45)46-35-34-41(3,4)5)40-39(43)33-31-29-27-25-23-21-19-17-15-13-11-9-7-2/h9,11,14-17,21-24,30,32,37-38,42H,6-8,10,12-13,18-20,25-29,31,33-36H2,1-5H3,(H-,40,43,44,45)/b11-9-,16-14+,17-15-,23-21-,24-22+,32-30+. The summed E-state index contributed by atoms with van der Waals surface area (Å²) in [6, 6.07) is -0.925. The molecule has 0 aromatic heterocycles. The van der Waals surface area contributed by atoms with E-state index in [1.165, 1.54) is 19.3 Å². The van der Waals surface area contributed by atoms with Gasteiger partial charge in [0.05, 0.1) is 39.9 Å². The van der Waals surface area contributed by atoms with E-state index in [1.807, 2.05) is 27.2 Å². The topological polar surface area (TPSA) is 108 Å². The van der Waals surface area contributed by atoms with Crippen molar-refractivity contribution in [2.24, 2.45) is 0 Å². The summed E-state index contributed by atoms with van der Waals surface area (Å²) in [4.78, 5) is 25.1. The van der Waals surface area contributed by atoms with Crippen LogP contribution in [-0.4, -0.2) is 68.5 Å². The van der Waals surface area contributed by atoms with Crippen molar-refractivity contribution >= 4 is 13.7 Å². The van der Waals surface area contributed by atoms with Crippen LogP contribution in [0.3, 0.4) is 0 Å². The molecule has 0 saturated carbocycles. The molecule has 0 aromatic rings. The molecular formula is C39H69N2O6P.